The van der Waals surface area contributed by atoms with Crippen LogP contribution in [0.3, 0.4) is 0 Å². The van der Waals surface area contributed by atoms with Gasteiger partial charge in [0.05, 0.1) is 6.10 Å². The normalized spacial score (nSPS) is 29.1. The molecule has 0 saturated carbocycles. The second-order valence-electron chi connectivity index (χ2n) is 5.28. The number of nitrogens with zero attached hydrogens (tertiary/aromatic N) is 1. The van der Waals surface area contributed by atoms with Gasteiger partial charge in [-0.3, -0.25) is 0 Å². The van der Waals surface area contributed by atoms with E-state index in [4.69, 9.17) is 4.74 Å². The molecule has 0 radical (unpaired) electrons. The van der Waals surface area contributed by atoms with Crippen molar-refractivity contribution < 1.29 is 13.2 Å². The maximum absolute atomic E-state index is 12.3. The fraction of sp³-hybridized carbons (Fsp3) is 1.00. The largest absolute Gasteiger partial charge is 0.377 e. The van der Waals surface area contributed by atoms with Crippen LogP contribution in [-0.4, -0.2) is 44.6 Å². The summed E-state index contributed by atoms with van der Waals surface area (Å²) in [7, 11) is -3.34. The van der Waals surface area contributed by atoms with Crippen molar-refractivity contribution in [3.05, 3.63) is 0 Å². The molecule has 18 heavy (non-hydrogen) atoms. The van der Waals surface area contributed by atoms with Gasteiger partial charge in [-0.2, -0.15) is 17.4 Å². The van der Waals surface area contributed by atoms with E-state index in [2.05, 4.69) is 4.72 Å². The molecule has 1 N–H and O–H groups in total. The molecule has 2 heterocycles. The van der Waals surface area contributed by atoms with E-state index in [0.717, 1.165) is 45.1 Å². The van der Waals surface area contributed by atoms with Crippen molar-refractivity contribution in [3.63, 3.8) is 0 Å². The summed E-state index contributed by atoms with van der Waals surface area (Å²) in [5.74, 6) is 0. The van der Waals surface area contributed by atoms with Gasteiger partial charge in [0.25, 0.3) is 10.2 Å². The van der Waals surface area contributed by atoms with Crippen LogP contribution in [0.25, 0.3) is 0 Å². The predicted octanol–water partition coefficient (Wildman–Crippen LogP) is 1.26. The second kappa shape index (κ2) is 6.32. The third-order valence-electron chi connectivity index (χ3n) is 3.76. The summed E-state index contributed by atoms with van der Waals surface area (Å²) in [5, 5.41) is 0. The van der Waals surface area contributed by atoms with E-state index in [9.17, 15) is 8.42 Å². The van der Waals surface area contributed by atoms with Crippen LogP contribution in [-0.2, 0) is 14.9 Å². The van der Waals surface area contributed by atoms with Crippen molar-refractivity contribution in [2.45, 2.75) is 57.6 Å². The van der Waals surface area contributed by atoms with Gasteiger partial charge in [-0.05, 0) is 32.6 Å². The molecule has 0 amide bonds. The minimum absolute atomic E-state index is 0.0340. The Kier molecular flexibility index (Phi) is 5.00. The highest BCUT2D eigenvalue weighted by atomic mass is 32.2. The van der Waals surface area contributed by atoms with Crippen LogP contribution in [0.2, 0.25) is 0 Å². The molecule has 0 aromatic carbocycles. The van der Waals surface area contributed by atoms with Gasteiger partial charge in [0.1, 0.15) is 0 Å². The molecule has 2 atom stereocenters. The standard InChI is InChI=1S/C12H24N2O3S/c1-11(12-7-6-10-17-12)13-18(15,16)14-8-4-2-3-5-9-14/h11-13H,2-10H2,1H3/t11-,12+/m0/s1. The van der Waals surface area contributed by atoms with Crippen LogP contribution in [0.5, 0.6) is 0 Å². The van der Waals surface area contributed by atoms with E-state index in [0.29, 0.717) is 13.1 Å². The Morgan fingerprint density at radius 2 is 1.83 bits per heavy atom. The summed E-state index contributed by atoms with van der Waals surface area (Å²) in [5.41, 5.74) is 0. The molecule has 0 unspecified atom stereocenters. The first-order chi connectivity index (χ1) is 8.59. The highest BCUT2D eigenvalue weighted by Gasteiger charge is 2.29. The van der Waals surface area contributed by atoms with Crippen molar-refractivity contribution in [2.24, 2.45) is 0 Å². The molecule has 0 aliphatic carbocycles. The lowest BCUT2D eigenvalue weighted by atomic mass is 10.1. The number of hydrogen-bond acceptors (Lipinski definition) is 3. The van der Waals surface area contributed by atoms with Gasteiger partial charge in [0.15, 0.2) is 0 Å². The topological polar surface area (TPSA) is 58.6 Å². The van der Waals surface area contributed by atoms with Crippen LogP contribution in [0.1, 0.15) is 45.4 Å². The lowest BCUT2D eigenvalue weighted by Crippen LogP contribution is -2.48. The third kappa shape index (κ3) is 3.66. The van der Waals surface area contributed by atoms with Crippen molar-refractivity contribution in [1.29, 1.82) is 0 Å². The summed E-state index contributed by atoms with van der Waals surface area (Å²) < 4.78 is 34.4. The molecule has 2 aliphatic heterocycles. The van der Waals surface area contributed by atoms with Crippen molar-refractivity contribution >= 4 is 10.2 Å². The number of nitrogens with one attached hydrogen (secondary N) is 1. The highest BCUT2D eigenvalue weighted by Crippen LogP contribution is 2.18. The number of hydrogen-bond donors (Lipinski definition) is 1. The molecular weight excluding hydrogens is 252 g/mol. The molecule has 0 bridgehead atoms. The Morgan fingerprint density at radius 1 is 1.17 bits per heavy atom. The van der Waals surface area contributed by atoms with Gasteiger partial charge in [0.2, 0.25) is 0 Å². The van der Waals surface area contributed by atoms with Crippen LogP contribution >= 0.6 is 0 Å². The van der Waals surface area contributed by atoms with Crippen LogP contribution < -0.4 is 4.72 Å². The van der Waals surface area contributed by atoms with E-state index in [-0.39, 0.29) is 12.1 Å². The molecule has 106 valence electrons. The first-order valence-corrected chi connectivity index (χ1v) is 8.42. The third-order valence-corrected chi connectivity index (χ3v) is 5.48. The minimum atomic E-state index is -3.34. The number of rotatable bonds is 4. The molecule has 2 rings (SSSR count). The van der Waals surface area contributed by atoms with Crippen molar-refractivity contribution in [3.8, 4) is 0 Å². The van der Waals surface area contributed by atoms with Gasteiger partial charge < -0.3 is 4.74 Å². The van der Waals surface area contributed by atoms with E-state index >= 15 is 0 Å². The van der Waals surface area contributed by atoms with Crippen molar-refractivity contribution in [2.75, 3.05) is 19.7 Å². The first-order valence-electron chi connectivity index (χ1n) is 6.98. The predicted molar refractivity (Wildman–Crippen MR) is 70.5 cm³/mol. The lowest BCUT2D eigenvalue weighted by Gasteiger charge is -2.25. The molecule has 5 nitrogen and oxygen atoms in total. The van der Waals surface area contributed by atoms with E-state index in [1.807, 2.05) is 6.92 Å². The van der Waals surface area contributed by atoms with E-state index in [1.165, 1.54) is 0 Å². The zero-order valence-corrected chi connectivity index (χ0v) is 11.9. The molecule has 0 aromatic rings. The summed E-state index contributed by atoms with van der Waals surface area (Å²) in [6.45, 7) is 3.94. The molecule has 0 aromatic heterocycles. The molecule has 2 aliphatic rings. The second-order valence-corrected chi connectivity index (χ2v) is 6.98. The SMILES string of the molecule is C[C@H](NS(=O)(=O)N1CCCCCC1)[C@H]1CCCO1. The smallest absolute Gasteiger partial charge is 0.279 e. The highest BCUT2D eigenvalue weighted by molar-refractivity contribution is 7.87. The maximum Gasteiger partial charge on any atom is 0.279 e. The summed E-state index contributed by atoms with van der Waals surface area (Å²) in [6, 6.07) is -0.138. The number of ether oxygens (including phenoxy) is 1. The molecular formula is C12H24N2O3S. The maximum atomic E-state index is 12.3. The Bertz CT molecular complexity index is 344. The molecule has 6 heteroatoms. The minimum Gasteiger partial charge on any atom is -0.377 e. The lowest BCUT2D eigenvalue weighted by molar-refractivity contribution is 0.0896. The monoisotopic (exact) mass is 276 g/mol. The van der Waals surface area contributed by atoms with Gasteiger partial charge in [0, 0.05) is 25.7 Å². The summed E-state index contributed by atoms with van der Waals surface area (Å²) in [6.07, 6.45) is 6.21. The van der Waals surface area contributed by atoms with Gasteiger partial charge in [-0.1, -0.05) is 12.8 Å². The zero-order valence-electron chi connectivity index (χ0n) is 11.1. The first kappa shape index (κ1) is 14.2. The summed E-state index contributed by atoms with van der Waals surface area (Å²) >= 11 is 0. The fourth-order valence-electron chi connectivity index (χ4n) is 2.66. The Balaban J connectivity index is 1.92. The molecule has 0 spiro atoms. The Hall–Kier alpha value is -0.170. The molecule has 2 saturated heterocycles. The quantitative estimate of drug-likeness (QED) is 0.841. The van der Waals surface area contributed by atoms with Crippen molar-refractivity contribution in [1.82, 2.24) is 9.03 Å². The summed E-state index contributed by atoms with van der Waals surface area (Å²) in [4.78, 5) is 0. The van der Waals surface area contributed by atoms with E-state index in [1.54, 1.807) is 4.31 Å². The fourth-order valence-corrected chi connectivity index (χ4v) is 4.17. The van der Waals surface area contributed by atoms with Gasteiger partial charge in [-0.15, -0.1) is 0 Å². The van der Waals surface area contributed by atoms with Crippen LogP contribution in [0, 0.1) is 0 Å². The van der Waals surface area contributed by atoms with Gasteiger partial charge >= 0.3 is 0 Å². The van der Waals surface area contributed by atoms with Gasteiger partial charge in [-0.25, -0.2) is 0 Å². The van der Waals surface area contributed by atoms with Crippen LogP contribution in [0.15, 0.2) is 0 Å². The Labute approximate surface area is 110 Å². The van der Waals surface area contributed by atoms with E-state index < -0.39 is 10.2 Å². The van der Waals surface area contributed by atoms with Crippen LogP contribution in [0.4, 0.5) is 0 Å². The average Bonchev–Trinajstić information content (AvgIpc) is 2.70. The Morgan fingerprint density at radius 3 is 2.39 bits per heavy atom. The molecule has 2 fully saturated rings. The average molecular weight is 276 g/mol. The zero-order chi connectivity index (χ0) is 13.0.